The van der Waals surface area contributed by atoms with Crippen molar-refractivity contribution in [2.45, 2.75) is 162 Å². The molecule has 6 nitrogen and oxygen atoms in total. The summed E-state index contributed by atoms with van der Waals surface area (Å²) < 4.78 is 4.72. The molecule has 0 aromatic heterocycles. The summed E-state index contributed by atoms with van der Waals surface area (Å²) >= 11 is 0. The Labute approximate surface area is 221 Å². The van der Waals surface area contributed by atoms with Crippen LogP contribution in [0.3, 0.4) is 0 Å². The van der Waals surface area contributed by atoms with E-state index >= 15 is 0 Å². The standard InChI is InChI=1S/C18H36O2.C12H20O4/c1-2-3-4-5-6-7-8-9-10-11-12-13-14-15-16-17-18(19)20;1-2-3-4-5-6-7-10-16-12(15)9-8-11(13)14/h2-17H2,1H3,(H,19,20);7,10H,2-6,8-9H2,1H3,(H,13,14). The fourth-order valence-electron chi connectivity index (χ4n) is 3.80. The maximum absolute atomic E-state index is 10.9. The largest absolute Gasteiger partial charge is 0.481 e. The highest BCUT2D eigenvalue weighted by atomic mass is 16.5. The molecule has 0 aromatic rings. The van der Waals surface area contributed by atoms with E-state index < -0.39 is 17.9 Å². The van der Waals surface area contributed by atoms with E-state index in [1.54, 1.807) is 6.08 Å². The molecular formula is C30H56O6. The third-order valence-corrected chi connectivity index (χ3v) is 6.06. The summed E-state index contributed by atoms with van der Waals surface area (Å²) in [5.74, 6) is -2.13. The van der Waals surface area contributed by atoms with Gasteiger partial charge in [0.2, 0.25) is 0 Å². The minimum atomic E-state index is -0.986. The summed E-state index contributed by atoms with van der Waals surface area (Å²) in [7, 11) is 0. The lowest BCUT2D eigenvalue weighted by atomic mass is 10.0. The van der Waals surface area contributed by atoms with Crippen LogP contribution < -0.4 is 0 Å². The van der Waals surface area contributed by atoms with E-state index in [0.29, 0.717) is 6.42 Å². The number of aliphatic carboxylic acids is 2. The molecule has 0 saturated heterocycles. The summed E-state index contributed by atoms with van der Waals surface area (Å²) in [6.45, 7) is 4.42. The summed E-state index contributed by atoms with van der Waals surface area (Å²) in [6.07, 6.45) is 28.7. The van der Waals surface area contributed by atoms with Gasteiger partial charge >= 0.3 is 17.9 Å². The van der Waals surface area contributed by atoms with Crippen LogP contribution in [-0.2, 0) is 19.1 Å². The molecule has 0 radical (unpaired) electrons. The minimum absolute atomic E-state index is 0.0739. The molecule has 0 atom stereocenters. The molecule has 0 fully saturated rings. The number of carboxylic acids is 2. The predicted molar refractivity (Wildman–Crippen MR) is 148 cm³/mol. The predicted octanol–water partition coefficient (Wildman–Crippen LogP) is 9.21. The van der Waals surface area contributed by atoms with Crippen LogP contribution in [-0.4, -0.2) is 28.1 Å². The number of esters is 1. The molecule has 0 aliphatic heterocycles. The molecule has 0 spiro atoms. The van der Waals surface area contributed by atoms with Crippen molar-refractivity contribution in [1.82, 2.24) is 0 Å². The number of allylic oxidation sites excluding steroid dienone is 1. The van der Waals surface area contributed by atoms with Gasteiger partial charge in [0.25, 0.3) is 0 Å². The van der Waals surface area contributed by atoms with Gasteiger partial charge in [-0.25, -0.2) is 0 Å². The van der Waals surface area contributed by atoms with Crippen molar-refractivity contribution >= 4 is 17.9 Å². The Morgan fingerprint density at radius 1 is 0.528 bits per heavy atom. The maximum atomic E-state index is 10.9. The monoisotopic (exact) mass is 512 g/mol. The first-order chi connectivity index (χ1) is 17.4. The van der Waals surface area contributed by atoms with E-state index in [1.807, 2.05) is 0 Å². The van der Waals surface area contributed by atoms with Crippen molar-refractivity contribution in [3.63, 3.8) is 0 Å². The van der Waals surface area contributed by atoms with Gasteiger partial charge in [-0.05, 0) is 25.3 Å². The fraction of sp³-hybridized carbons (Fsp3) is 0.833. The highest BCUT2D eigenvalue weighted by molar-refractivity contribution is 5.76. The number of carbonyl (C=O) groups is 3. The van der Waals surface area contributed by atoms with Crippen LogP contribution in [0.15, 0.2) is 12.3 Å². The molecule has 0 saturated carbocycles. The quantitative estimate of drug-likeness (QED) is 0.0718. The Hall–Kier alpha value is -1.85. The number of carbonyl (C=O) groups excluding carboxylic acids is 1. The molecule has 0 aliphatic carbocycles. The van der Waals surface area contributed by atoms with Crippen LogP contribution in [0, 0.1) is 0 Å². The smallest absolute Gasteiger partial charge is 0.311 e. The van der Waals surface area contributed by atoms with Gasteiger partial charge in [0.15, 0.2) is 0 Å². The molecule has 0 rings (SSSR count). The van der Waals surface area contributed by atoms with E-state index in [4.69, 9.17) is 14.9 Å². The fourth-order valence-corrected chi connectivity index (χ4v) is 3.80. The first-order valence-electron chi connectivity index (χ1n) is 14.7. The van der Waals surface area contributed by atoms with Crippen molar-refractivity contribution in [2.75, 3.05) is 0 Å². The molecule has 6 heteroatoms. The molecule has 0 heterocycles. The second-order valence-electron chi connectivity index (χ2n) is 9.70. The van der Waals surface area contributed by atoms with Crippen LogP contribution in [0.4, 0.5) is 0 Å². The Kier molecular flexibility index (Phi) is 31.4. The zero-order valence-corrected chi connectivity index (χ0v) is 23.4. The lowest BCUT2D eigenvalue weighted by molar-refractivity contribution is -0.144. The normalized spacial score (nSPS) is 10.7. The molecule has 0 unspecified atom stereocenters. The Morgan fingerprint density at radius 2 is 0.917 bits per heavy atom. The molecule has 212 valence electrons. The van der Waals surface area contributed by atoms with Gasteiger partial charge in [0, 0.05) is 6.42 Å². The van der Waals surface area contributed by atoms with Gasteiger partial charge in [-0.3, -0.25) is 14.4 Å². The van der Waals surface area contributed by atoms with Crippen molar-refractivity contribution in [1.29, 1.82) is 0 Å². The van der Waals surface area contributed by atoms with Crippen LogP contribution in [0.25, 0.3) is 0 Å². The van der Waals surface area contributed by atoms with Crippen molar-refractivity contribution in [3.8, 4) is 0 Å². The maximum Gasteiger partial charge on any atom is 0.311 e. The number of unbranched alkanes of at least 4 members (excludes halogenated alkanes) is 18. The molecule has 0 amide bonds. The molecule has 2 N–H and O–H groups in total. The number of hydrogen-bond donors (Lipinski definition) is 2. The van der Waals surface area contributed by atoms with E-state index in [2.05, 4.69) is 13.8 Å². The molecule has 0 aliphatic rings. The molecule has 0 aromatic carbocycles. The highest BCUT2D eigenvalue weighted by Crippen LogP contribution is 2.13. The molecule has 0 bridgehead atoms. The van der Waals surface area contributed by atoms with Crippen LogP contribution >= 0.6 is 0 Å². The van der Waals surface area contributed by atoms with E-state index in [0.717, 1.165) is 25.7 Å². The van der Waals surface area contributed by atoms with E-state index in [9.17, 15) is 14.4 Å². The van der Waals surface area contributed by atoms with Gasteiger partial charge in [-0.1, -0.05) is 123 Å². The number of hydrogen-bond acceptors (Lipinski definition) is 4. The Balaban J connectivity index is 0. The third-order valence-electron chi connectivity index (χ3n) is 6.06. The Bertz CT molecular complexity index is 530. The van der Waals surface area contributed by atoms with Gasteiger partial charge < -0.3 is 14.9 Å². The van der Waals surface area contributed by atoms with Gasteiger partial charge in [0.1, 0.15) is 0 Å². The summed E-state index contributed by atoms with van der Waals surface area (Å²) in [5.41, 5.74) is 0. The van der Waals surface area contributed by atoms with E-state index in [-0.39, 0.29) is 12.8 Å². The first kappa shape index (κ1) is 36.3. The average Bonchev–Trinajstić information content (AvgIpc) is 2.84. The number of carboxylic acid groups (broad SMARTS) is 2. The highest BCUT2D eigenvalue weighted by Gasteiger charge is 2.04. The van der Waals surface area contributed by atoms with Crippen LogP contribution in [0.2, 0.25) is 0 Å². The molecular weight excluding hydrogens is 456 g/mol. The second kappa shape index (κ2) is 31.2. The SMILES string of the molecule is CCCCCCC=COC(=O)CCC(=O)O.CCCCCCCCCCCCCCCCCC(=O)O. The average molecular weight is 513 g/mol. The lowest BCUT2D eigenvalue weighted by Crippen LogP contribution is -2.03. The number of rotatable bonds is 25. The van der Waals surface area contributed by atoms with Crippen molar-refractivity contribution in [2.24, 2.45) is 0 Å². The summed E-state index contributed by atoms with van der Waals surface area (Å²) in [4.78, 5) is 31.4. The van der Waals surface area contributed by atoms with Gasteiger partial charge in [-0.15, -0.1) is 0 Å². The van der Waals surface area contributed by atoms with Crippen molar-refractivity contribution in [3.05, 3.63) is 12.3 Å². The van der Waals surface area contributed by atoms with Crippen molar-refractivity contribution < 1.29 is 29.3 Å². The first-order valence-corrected chi connectivity index (χ1v) is 14.7. The third kappa shape index (κ3) is 36.7. The second-order valence-corrected chi connectivity index (χ2v) is 9.70. The number of ether oxygens (including phenoxy) is 1. The Morgan fingerprint density at radius 3 is 1.33 bits per heavy atom. The summed E-state index contributed by atoms with van der Waals surface area (Å²) in [6, 6.07) is 0. The van der Waals surface area contributed by atoms with Crippen LogP contribution in [0.1, 0.15) is 162 Å². The summed E-state index contributed by atoms with van der Waals surface area (Å²) in [5, 5.41) is 16.8. The van der Waals surface area contributed by atoms with Gasteiger partial charge in [0.05, 0.1) is 19.1 Å². The molecule has 36 heavy (non-hydrogen) atoms. The van der Waals surface area contributed by atoms with Gasteiger partial charge in [-0.2, -0.15) is 0 Å². The van der Waals surface area contributed by atoms with Crippen LogP contribution in [0.5, 0.6) is 0 Å². The lowest BCUT2D eigenvalue weighted by Gasteiger charge is -2.03. The topological polar surface area (TPSA) is 101 Å². The minimum Gasteiger partial charge on any atom is -0.481 e. The zero-order valence-electron chi connectivity index (χ0n) is 23.4. The zero-order chi connectivity index (χ0) is 27.1. The van der Waals surface area contributed by atoms with E-state index in [1.165, 1.54) is 109 Å².